The van der Waals surface area contributed by atoms with Crippen LogP contribution in [0.3, 0.4) is 0 Å². The minimum Gasteiger partial charge on any atom is -0.355 e. The van der Waals surface area contributed by atoms with Gasteiger partial charge in [0.15, 0.2) is 0 Å². The number of hydrogen-bond acceptors (Lipinski definition) is 3. The van der Waals surface area contributed by atoms with E-state index >= 15 is 0 Å². The first-order valence-corrected chi connectivity index (χ1v) is 5.67. The summed E-state index contributed by atoms with van der Waals surface area (Å²) in [6, 6.07) is 8.97. The van der Waals surface area contributed by atoms with Gasteiger partial charge in [0.2, 0.25) is 11.8 Å². The predicted octanol–water partition coefficient (Wildman–Crippen LogP) is 0.657. The van der Waals surface area contributed by atoms with Crippen molar-refractivity contribution in [3.63, 3.8) is 0 Å². The number of para-hydroxylation sites is 1. The van der Waals surface area contributed by atoms with Crippen LogP contribution in [0, 0.1) is 17.2 Å². The van der Waals surface area contributed by atoms with Crippen LogP contribution < -0.4 is 10.2 Å². The summed E-state index contributed by atoms with van der Waals surface area (Å²) in [6.45, 7) is 0.372. The van der Waals surface area contributed by atoms with Crippen molar-refractivity contribution in [1.82, 2.24) is 5.32 Å². The highest BCUT2D eigenvalue weighted by molar-refractivity contribution is 5.99. The first-order valence-electron chi connectivity index (χ1n) is 5.67. The third-order valence-corrected chi connectivity index (χ3v) is 3.04. The highest BCUT2D eigenvalue weighted by atomic mass is 16.2. The SMILES string of the molecule is CN(C(=O)C1CNC(=O)C1)c1ccccc1C#N. The second kappa shape index (κ2) is 4.88. The van der Waals surface area contributed by atoms with Crippen LogP contribution in [0.15, 0.2) is 24.3 Å². The third kappa shape index (κ3) is 2.18. The summed E-state index contributed by atoms with van der Waals surface area (Å²) in [7, 11) is 1.63. The zero-order valence-corrected chi connectivity index (χ0v) is 10.0. The maximum absolute atomic E-state index is 12.2. The number of nitrogens with one attached hydrogen (secondary N) is 1. The lowest BCUT2D eigenvalue weighted by Gasteiger charge is -2.21. The predicted molar refractivity (Wildman–Crippen MR) is 65.7 cm³/mol. The minimum absolute atomic E-state index is 0.102. The number of carbonyl (C=O) groups is 2. The van der Waals surface area contributed by atoms with Gasteiger partial charge in [0.05, 0.1) is 17.2 Å². The monoisotopic (exact) mass is 243 g/mol. The molecule has 18 heavy (non-hydrogen) atoms. The standard InChI is InChI=1S/C13H13N3O2/c1-16(11-5-3-2-4-9(11)7-14)13(18)10-6-12(17)15-8-10/h2-5,10H,6,8H2,1H3,(H,15,17). The Hall–Kier alpha value is -2.35. The number of benzene rings is 1. The van der Waals surface area contributed by atoms with Crippen LogP contribution in [0.4, 0.5) is 5.69 Å². The Morgan fingerprint density at radius 2 is 2.22 bits per heavy atom. The van der Waals surface area contributed by atoms with Crippen molar-refractivity contribution >= 4 is 17.5 Å². The van der Waals surface area contributed by atoms with Gasteiger partial charge in [0.25, 0.3) is 0 Å². The van der Waals surface area contributed by atoms with Gasteiger partial charge in [-0.1, -0.05) is 12.1 Å². The lowest BCUT2D eigenvalue weighted by molar-refractivity contribution is -0.124. The molecule has 2 amide bonds. The van der Waals surface area contributed by atoms with Crippen molar-refractivity contribution in [2.24, 2.45) is 5.92 Å². The van der Waals surface area contributed by atoms with Gasteiger partial charge in [0, 0.05) is 20.0 Å². The molecule has 1 atom stereocenters. The Morgan fingerprint density at radius 1 is 1.50 bits per heavy atom. The molecule has 5 heteroatoms. The molecule has 0 bridgehead atoms. The largest absolute Gasteiger partial charge is 0.355 e. The third-order valence-electron chi connectivity index (χ3n) is 3.04. The first-order chi connectivity index (χ1) is 8.63. The van der Waals surface area contributed by atoms with Crippen molar-refractivity contribution in [2.45, 2.75) is 6.42 Å². The molecule has 2 rings (SSSR count). The van der Waals surface area contributed by atoms with Crippen LogP contribution in [0.25, 0.3) is 0 Å². The molecule has 0 aliphatic carbocycles. The molecule has 5 nitrogen and oxygen atoms in total. The van der Waals surface area contributed by atoms with Crippen molar-refractivity contribution in [3.8, 4) is 6.07 Å². The quantitative estimate of drug-likeness (QED) is 0.829. The molecule has 92 valence electrons. The number of anilines is 1. The molecule has 1 heterocycles. The van der Waals surface area contributed by atoms with Gasteiger partial charge in [-0.25, -0.2) is 0 Å². The van der Waals surface area contributed by atoms with Gasteiger partial charge in [-0.05, 0) is 12.1 Å². The molecule has 1 unspecified atom stereocenters. The van der Waals surface area contributed by atoms with Gasteiger partial charge in [-0.15, -0.1) is 0 Å². The number of amides is 2. The molecule has 0 radical (unpaired) electrons. The van der Waals surface area contributed by atoms with E-state index in [4.69, 9.17) is 5.26 Å². The van der Waals surface area contributed by atoms with Crippen LogP contribution in [-0.4, -0.2) is 25.4 Å². The van der Waals surface area contributed by atoms with E-state index in [1.807, 2.05) is 0 Å². The van der Waals surface area contributed by atoms with Gasteiger partial charge in [0.1, 0.15) is 6.07 Å². The molecule has 1 aliphatic heterocycles. The number of nitrogens with zero attached hydrogens (tertiary/aromatic N) is 2. The van der Waals surface area contributed by atoms with Gasteiger partial charge < -0.3 is 10.2 Å². The Morgan fingerprint density at radius 3 is 2.83 bits per heavy atom. The van der Waals surface area contributed by atoms with Crippen LogP contribution in [0.2, 0.25) is 0 Å². The van der Waals surface area contributed by atoms with E-state index in [-0.39, 0.29) is 24.2 Å². The van der Waals surface area contributed by atoms with E-state index in [2.05, 4.69) is 11.4 Å². The summed E-state index contributed by atoms with van der Waals surface area (Å²) in [4.78, 5) is 24.7. The number of hydrogen-bond donors (Lipinski definition) is 1. The summed E-state index contributed by atoms with van der Waals surface area (Å²) in [6.07, 6.45) is 0.220. The van der Waals surface area contributed by atoms with Gasteiger partial charge in [-0.2, -0.15) is 5.26 Å². The van der Waals surface area contributed by atoms with Gasteiger partial charge in [-0.3, -0.25) is 9.59 Å². The molecular weight excluding hydrogens is 230 g/mol. The fourth-order valence-electron chi connectivity index (χ4n) is 2.03. The average molecular weight is 243 g/mol. The van der Waals surface area contributed by atoms with Crippen LogP contribution >= 0.6 is 0 Å². The topological polar surface area (TPSA) is 73.2 Å². The van der Waals surface area contributed by atoms with E-state index < -0.39 is 0 Å². The zero-order chi connectivity index (χ0) is 13.1. The Labute approximate surface area is 105 Å². The van der Waals surface area contributed by atoms with E-state index in [1.165, 1.54) is 4.90 Å². The fourth-order valence-corrected chi connectivity index (χ4v) is 2.03. The highest BCUT2D eigenvalue weighted by Gasteiger charge is 2.31. The van der Waals surface area contributed by atoms with Crippen LogP contribution in [-0.2, 0) is 9.59 Å². The molecule has 1 aliphatic rings. The maximum atomic E-state index is 12.2. The Balaban J connectivity index is 2.21. The normalized spacial score (nSPS) is 18.0. The Bertz CT molecular complexity index is 533. The number of nitriles is 1. The second-order valence-corrected chi connectivity index (χ2v) is 4.23. The summed E-state index contributed by atoms with van der Waals surface area (Å²) in [5.41, 5.74) is 1.02. The molecule has 0 aromatic heterocycles. The maximum Gasteiger partial charge on any atom is 0.232 e. The van der Waals surface area contributed by atoms with Crippen molar-refractivity contribution in [1.29, 1.82) is 5.26 Å². The molecule has 1 aromatic rings. The first kappa shape index (κ1) is 12.1. The number of rotatable bonds is 2. The molecule has 1 N–H and O–H groups in total. The van der Waals surface area contributed by atoms with E-state index in [0.717, 1.165) is 0 Å². The molecule has 0 saturated carbocycles. The molecule has 1 saturated heterocycles. The number of carbonyl (C=O) groups excluding carboxylic acids is 2. The molecular formula is C13H13N3O2. The Kier molecular flexibility index (Phi) is 3.28. The highest BCUT2D eigenvalue weighted by Crippen LogP contribution is 2.21. The zero-order valence-electron chi connectivity index (χ0n) is 10.0. The summed E-state index contributed by atoms with van der Waals surface area (Å²) in [5.74, 6) is -0.583. The smallest absolute Gasteiger partial charge is 0.232 e. The summed E-state index contributed by atoms with van der Waals surface area (Å²) in [5, 5.41) is 11.6. The van der Waals surface area contributed by atoms with E-state index in [0.29, 0.717) is 17.8 Å². The molecule has 0 spiro atoms. The fraction of sp³-hybridized carbons (Fsp3) is 0.308. The van der Waals surface area contributed by atoms with Crippen molar-refractivity contribution < 1.29 is 9.59 Å². The summed E-state index contributed by atoms with van der Waals surface area (Å²) < 4.78 is 0. The van der Waals surface area contributed by atoms with Crippen LogP contribution in [0.1, 0.15) is 12.0 Å². The average Bonchev–Trinajstić information content (AvgIpc) is 2.83. The summed E-state index contributed by atoms with van der Waals surface area (Å²) >= 11 is 0. The van der Waals surface area contributed by atoms with E-state index in [9.17, 15) is 9.59 Å². The lowest BCUT2D eigenvalue weighted by atomic mass is 10.1. The van der Waals surface area contributed by atoms with Gasteiger partial charge >= 0.3 is 0 Å². The molecule has 1 aromatic carbocycles. The minimum atomic E-state index is -0.339. The van der Waals surface area contributed by atoms with Crippen molar-refractivity contribution in [3.05, 3.63) is 29.8 Å². The van der Waals surface area contributed by atoms with Crippen LogP contribution in [0.5, 0.6) is 0 Å². The lowest BCUT2D eigenvalue weighted by Crippen LogP contribution is -2.34. The van der Waals surface area contributed by atoms with E-state index in [1.54, 1.807) is 31.3 Å². The van der Waals surface area contributed by atoms with Crippen molar-refractivity contribution in [2.75, 3.05) is 18.5 Å². The second-order valence-electron chi connectivity index (χ2n) is 4.23. The molecule has 1 fully saturated rings.